The van der Waals surface area contributed by atoms with Gasteiger partial charge in [-0.15, -0.1) is 0 Å². The third kappa shape index (κ3) is 2.95. The fraction of sp³-hybridized carbons (Fsp3) is 0.0769. The Morgan fingerprint density at radius 3 is 2.59 bits per heavy atom. The van der Waals surface area contributed by atoms with E-state index in [2.05, 4.69) is 9.97 Å². The summed E-state index contributed by atoms with van der Waals surface area (Å²) in [7, 11) is 0. The van der Waals surface area contributed by atoms with Crippen molar-refractivity contribution in [3.05, 3.63) is 54.2 Å². The largest absolute Gasteiger partial charge is 0.389 e. The Morgan fingerprint density at radius 2 is 2.00 bits per heavy atom. The van der Waals surface area contributed by atoms with Gasteiger partial charge in [-0.2, -0.15) is 0 Å². The van der Waals surface area contributed by atoms with Gasteiger partial charge in [0.15, 0.2) is 0 Å². The minimum absolute atomic E-state index is 0.558. The Labute approximate surface area is 98.3 Å². The highest BCUT2D eigenvalue weighted by Crippen LogP contribution is 2.17. The average molecular weight is 230 g/mol. The molecule has 0 saturated heterocycles. The summed E-state index contributed by atoms with van der Waals surface area (Å²) < 4.78 is 12.8. The molecule has 4 heteroatoms. The molecule has 1 heterocycles. The number of aliphatic hydroxyl groups excluding tert-OH is 1. The molecule has 0 fully saturated rings. The van der Waals surface area contributed by atoms with Crippen molar-refractivity contribution in [2.75, 3.05) is 6.61 Å². The van der Waals surface area contributed by atoms with Crippen LogP contribution < -0.4 is 0 Å². The zero-order valence-electron chi connectivity index (χ0n) is 9.05. The van der Waals surface area contributed by atoms with Crippen molar-refractivity contribution in [1.82, 2.24) is 9.97 Å². The van der Waals surface area contributed by atoms with Crippen molar-refractivity contribution < 1.29 is 9.50 Å². The van der Waals surface area contributed by atoms with Crippen LogP contribution in [0, 0.1) is 0 Å². The fourth-order valence-electron chi connectivity index (χ4n) is 1.42. The molecular weight excluding hydrogens is 219 g/mol. The zero-order chi connectivity index (χ0) is 12.1. The van der Waals surface area contributed by atoms with E-state index in [0.717, 1.165) is 11.3 Å². The number of benzene rings is 1. The van der Waals surface area contributed by atoms with Crippen LogP contribution in [-0.2, 0) is 0 Å². The first-order chi connectivity index (χ1) is 8.29. The number of halogens is 1. The highest BCUT2D eigenvalue weighted by atomic mass is 19.1. The van der Waals surface area contributed by atoms with Crippen molar-refractivity contribution in [1.29, 1.82) is 0 Å². The maximum Gasteiger partial charge on any atom is 0.126 e. The second-order valence-corrected chi connectivity index (χ2v) is 3.46. The van der Waals surface area contributed by atoms with Crippen LogP contribution in [0.25, 0.3) is 17.3 Å². The van der Waals surface area contributed by atoms with Gasteiger partial charge >= 0.3 is 0 Å². The highest BCUT2D eigenvalue weighted by molar-refractivity contribution is 5.62. The van der Waals surface area contributed by atoms with Gasteiger partial charge in [-0.25, -0.2) is 4.39 Å². The van der Waals surface area contributed by atoms with E-state index in [9.17, 15) is 4.39 Å². The maximum atomic E-state index is 12.8. The third-order valence-corrected chi connectivity index (χ3v) is 2.24. The van der Waals surface area contributed by atoms with Gasteiger partial charge in [-0.3, -0.25) is 9.97 Å². The lowest BCUT2D eigenvalue weighted by Gasteiger charge is -2.00. The van der Waals surface area contributed by atoms with E-state index in [1.54, 1.807) is 30.7 Å². The number of rotatable bonds is 3. The molecule has 2 rings (SSSR count). The Kier molecular flexibility index (Phi) is 3.57. The molecule has 2 aromatic rings. The monoisotopic (exact) mass is 230 g/mol. The fourth-order valence-corrected chi connectivity index (χ4v) is 1.42. The minimum Gasteiger partial charge on any atom is -0.389 e. The molecule has 0 aliphatic heterocycles. The van der Waals surface area contributed by atoms with Crippen LogP contribution in [-0.4, -0.2) is 21.7 Å². The van der Waals surface area contributed by atoms with Crippen molar-refractivity contribution in [3.8, 4) is 11.3 Å². The SMILES string of the molecule is OCC(F)=Cc1ccc(-c2cnccn2)cc1. The molecule has 86 valence electrons. The summed E-state index contributed by atoms with van der Waals surface area (Å²) in [6, 6.07) is 7.19. The van der Waals surface area contributed by atoms with Crippen molar-refractivity contribution in [2.45, 2.75) is 0 Å². The summed E-state index contributed by atoms with van der Waals surface area (Å²) >= 11 is 0. The van der Waals surface area contributed by atoms with Gasteiger partial charge in [0.1, 0.15) is 5.83 Å². The van der Waals surface area contributed by atoms with Crippen LogP contribution in [0.2, 0.25) is 0 Å². The second-order valence-electron chi connectivity index (χ2n) is 3.46. The number of hydrogen-bond donors (Lipinski definition) is 1. The predicted molar refractivity (Wildman–Crippen MR) is 63.6 cm³/mol. The topological polar surface area (TPSA) is 46.0 Å². The summed E-state index contributed by atoms with van der Waals surface area (Å²) in [5.74, 6) is -0.558. The predicted octanol–water partition coefficient (Wildman–Crippen LogP) is 2.45. The molecule has 0 radical (unpaired) electrons. The van der Waals surface area contributed by atoms with Gasteiger partial charge in [0.2, 0.25) is 0 Å². The number of nitrogens with zero attached hydrogens (tertiary/aromatic N) is 2. The van der Waals surface area contributed by atoms with E-state index in [0.29, 0.717) is 5.56 Å². The molecule has 1 aromatic carbocycles. The lowest BCUT2D eigenvalue weighted by atomic mass is 10.1. The smallest absolute Gasteiger partial charge is 0.126 e. The molecular formula is C13H11FN2O. The summed E-state index contributed by atoms with van der Waals surface area (Å²) in [5, 5.41) is 8.57. The summed E-state index contributed by atoms with van der Waals surface area (Å²) in [5.41, 5.74) is 2.38. The molecule has 3 nitrogen and oxygen atoms in total. The van der Waals surface area contributed by atoms with Crippen molar-refractivity contribution in [2.24, 2.45) is 0 Å². The first kappa shape index (κ1) is 11.4. The van der Waals surface area contributed by atoms with E-state index in [4.69, 9.17) is 5.11 Å². The Hall–Kier alpha value is -2.07. The van der Waals surface area contributed by atoms with Crippen LogP contribution in [0.4, 0.5) is 4.39 Å². The maximum absolute atomic E-state index is 12.8. The van der Waals surface area contributed by atoms with Gasteiger partial charge in [-0.05, 0) is 11.6 Å². The number of aromatic nitrogens is 2. The van der Waals surface area contributed by atoms with E-state index < -0.39 is 12.4 Å². The quantitative estimate of drug-likeness (QED) is 0.880. The van der Waals surface area contributed by atoms with E-state index in [1.165, 1.54) is 6.08 Å². The van der Waals surface area contributed by atoms with E-state index in [1.807, 2.05) is 12.1 Å². The van der Waals surface area contributed by atoms with Crippen LogP contribution in [0.15, 0.2) is 48.7 Å². The molecule has 1 N–H and O–H groups in total. The van der Waals surface area contributed by atoms with Gasteiger partial charge in [-0.1, -0.05) is 24.3 Å². The van der Waals surface area contributed by atoms with Crippen LogP contribution >= 0.6 is 0 Å². The number of aliphatic hydroxyl groups is 1. The summed E-state index contributed by atoms with van der Waals surface area (Å²) in [6.07, 6.45) is 6.19. The van der Waals surface area contributed by atoms with Crippen molar-refractivity contribution in [3.63, 3.8) is 0 Å². The molecule has 0 atom stereocenters. The molecule has 0 amide bonds. The first-order valence-electron chi connectivity index (χ1n) is 5.13. The molecule has 0 spiro atoms. The first-order valence-corrected chi connectivity index (χ1v) is 5.13. The van der Waals surface area contributed by atoms with Gasteiger partial charge < -0.3 is 5.11 Å². The van der Waals surface area contributed by atoms with Gasteiger partial charge in [0.25, 0.3) is 0 Å². The molecule has 1 aromatic heterocycles. The standard InChI is InChI=1S/C13H11FN2O/c14-12(9-17)7-10-1-3-11(4-2-10)13-8-15-5-6-16-13/h1-8,17H,9H2. The number of hydrogen-bond acceptors (Lipinski definition) is 3. The average Bonchev–Trinajstić information content (AvgIpc) is 2.40. The van der Waals surface area contributed by atoms with E-state index in [-0.39, 0.29) is 0 Å². The summed E-state index contributed by atoms with van der Waals surface area (Å²) in [4.78, 5) is 8.14. The molecule has 0 aliphatic carbocycles. The Bertz CT molecular complexity index is 509. The second kappa shape index (κ2) is 5.32. The molecule has 0 saturated carbocycles. The highest BCUT2D eigenvalue weighted by Gasteiger charge is 1.99. The van der Waals surface area contributed by atoms with Crippen LogP contribution in [0.3, 0.4) is 0 Å². The molecule has 17 heavy (non-hydrogen) atoms. The zero-order valence-corrected chi connectivity index (χ0v) is 9.05. The third-order valence-electron chi connectivity index (χ3n) is 2.24. The Balaban J connectivity index is 2.25. The molecule has 0 aliphatic rings. The lowest BCUT2D eigenvalue weighted by molar-refractivity contribution is 0.300. The van der Waals surface area contributed by atoms with Gasteiger partial charge in [0, 0.05) is 18.0 Å². The minimum atomic E-state index is -0.577. The normalized spacial score (nSPS) is 11.5. The lowest BCUT2D eigenvalue weighted by Crippen LogP contribution is -1.85. The van der Waals surface area contributed by atoms with Gasteiger partial charge in [0.05, 0.1) is 18.5 Å². The van der Waals surface area contributed by atoms with Crippen molar-refractivity contribution >= 4 is 6.08 Å². The summed E-state index contributed by atoms with van der Waals surface area (Å²) in [6.45, 7) is -0.577. The Morgan fingerprint density at radius 1 is 1.24 bits per heavy atom. The van der Waals surface area contributed by atoms with E-state index >= 15 is 0 Å². The molecule has 0 unspecified atom stereocenters. The van der Waals surface area contributed by atoms with Crippen LogP contribution in [0.1, 0.15) is 5.56 Å². The van der Waals surface area contributed by atoms with Crippen LogP contribution in [0.5, 0.6) is 0 Å². The molecule has 0 bridgehead atoms.